The number of carbonyl (C=O) groups is 1. The number of benzene rings is 1. The van der Waals surface area contributed by atoms with Crippen molar-refractivity contribution in [2.24, 2.45) is 11.8 Å². The minimum atomic E-state index is -0.565. The smallest absolute Gasteiger partial charge is 0.223 e. The first-order valence-electron chi connectivity index (χ1n) is 8.72. The van der Waals surface area contributed by atoms with Gasteiger partial charge in [-0.3, -0.25) is 4.79 Å². The van der Waals surface area contributed by atoms with Crippen LogP contribution in [0.2, 0.25) is 0 Å². The van der Waals surface area contributed by atoms with E-state index in [4.69, 9.17) is 4.74 Å². The largest absolute Gasteiger partial charge is 0.376 e. The van der Waals surface area contributed by atoms with Crippen LogP contribution in [0.3, 0.4) is 0 Å². The summed E-state index contributed by atoms with van der Waals surface area (Å²) in [6, 6.07) is 3.83. The highest BCUT2D eigenvalue weighted by Gasteiger charge is 2.47. The lowest BCUT2D eigenvalue weighted by molar-refractivity contribution is -0.124. The van der Waals surface area contributed by atoms with Gasteiger partial charge in [-0.2, -0.15) is 0 Å². The fraction of sp³-hybridized carbons (Fsp3) is 0.632. The van der Waals surface area contributed by atoms with Crippen molar-refractivity contribution < 1.29 is 18.3 Å². The summed E-state index contributed by atoms with van der Waals surface area (Å²) in [6.45, 7) is 2.70. The highest BCUT2D eigenvalue weighted by Crippen LogP contribution is 2.49. The van der Waals surface area contributed by atoms with Gasteiger partial charge in [0.25, 0.3) is 0 Å². The molecule has 0 radical (unpaired) electrons. The van der Waals surface area contributed by atoms with E-state index in [9.17, 15) is 13.6 Å². The predicted molar refractivity (Wildman–Crippen MR) is 87.6 cm³/mol. The molecule has 1 N–H and O–H groups in total. The molecule has 3 rings (SSSR count). The van der Waals surface area contributed by atoms with Crippen LogP contribution >= 0.6 is 0 Å². The van der Waals surface area contributed by atoms with E-state index >= 15 is 0 Å². The maximum absolute atomic E-state index is 13.8. The van der Waals surface area contributed by atoms with Gasteiger partial charge in [-0.05, 0) is 50.2 Å². The lowest BCUT2D eigenvalue weighted by Gasteiger charge is -2.38. The number of ether oxygens (including phenoxy) is 1. The molecule has 0 bridgehead atoms. The van der Waals surface area contributed by atoms with Gasteiger partial charge >= 0.3 is 0 Å². The molecular formula is C19H25F2NO2. The maximum atomic E-state index is 13.8. The van der Waals surface area contributed by atoms with Gasteiger partial charge in [0.2, 0.25) is 5.91 Å². The van der Waals surface area contributed by atoms with Crippen LogP contribution in [0.25, 0.3) is 0 Å². The number of rotatable bonds is 5. The number of methoxy groups -OCH3 is 1. The minimum absolute atomic E-state index is 0.0468. The number of halogens is 2. The van der Waals surface area contributed by atoms with Crippen LogP contribution in [0.4, 0.5) is 8.78 Å². The molecule has 24 heavy (non-hydrogen) atoms. The van der Waals surface area contributed by atoms with Gasteiger partial charge in [-0.25, -0.2) is 8.78 Å². The SMILES string of the molecule is COC1(CNC(=O)[C@@H]2C[C@H]2c2c(F)cccc2F)CCC(C)CC1. The third-order valence-corrected chi connectivity index (χ3v) is 5.70. The van der Waals surface area contributed by atoms with Crippen molar-refractivity contribution in [2.75, 3.05) is 13.7 Å². The maximum Gasteiger partial charge on any atom is 0.223 e. The van der Waals surface area contributed by atoms with Crippen LogP contribution < -0.4 is 5.32 Å². The Morgan fingerprint density at radius 1 is 1.29 bits per heavy atom. The van der Waals surface area contributed by atoms with Crippen LogP contribution in [0.5, 0.6) is 0 Å². The Labute approximate surface area is 141 Å². The molecule has 1 aromatic carbocycles. The normalized spacial score (nSPS) is 32.4. The van der Waals surface area contributed by atoms with Gasteiger partial charge in [0.1, 0.15) is 11.6 Å². The number of hydrogen-bond donors (Lipinski definition) is 1. The van der Waals surface area contributed by atoms with E-state index in [-0.39, 0.29) is 28.9 Å². The average molecular weight is 337 g/mol. The first-order chi connectivity index (χ1) is 11.5. The molecule has 1 aromatic rings. The zero-order valence-corrected chi connectivity index (χ0v) is 14.3. The Kier molecular flexibility index (Phi) is 4.90. The van der Waals surface area contributed by atoms with Crippen LogP contribution in [-0.2, 0) is 9.53 Å². The number of carbonyl (C=O) groups excluding carboxylic acids is 1. The van der Waals surface area contributed by atoms with Gasteiger partial charge in [-0.15, -0.1) is 0 Å². The molecule has 2 atom stereocenters. The van der Waals surface area contributed by atoms with Gasteiger partial charge in [-0.1, -0.05) is 13.0 Å². The zero-order valence-electron chi connectivity index (χ0n) is 14.3. The highest BCUT2D eigenvalue weighted by molar-refractivity contribution is 5.83. The molecule has 0 heterocycles. The van der Waals surface area contributed by atoms with Crippen LogP contribution in [-0.4, -0.2) is 25.2 Å². The molecule has 132 valence electrons. The lowest BCUT2D eigenvalue weighted by atomic mass is 9.79. The quantitative estimate of drug-likeness (QED) is 0.888. The summed E-state index contributed by atoms with van der Waals surface area (Å²) >= 11 is 0. The fourth-order valence-electron chi connectivity index (χ4n) is 3.79. The number of nitrogens with one attached hydrogen (secondary N) is 1. The Morgan fingerprint density at radius 3 is 2.50 bits per heavy atom. The summed E-state index contributed by atoms with van der Waals surface area (Å²) < 4.78 is 33.3. The molecule has 0 aromatic heterocycles. The first kappa shape index (κ1) is 17.3. The second kappa shape index (κ2) is 6.79. The molecule has 2 aliphatic carbocycles. The van der Waals surface area contributed by atoms with Crippen LogP contribution in [0.1, 0.15) is 50.5 Å². The Bertz CT molecular complexity index is 591. The molecule has 3 nitrogen and oxygen atoms in total. The third-order valence-electron chi connectivity index (χ3n) is 5.70. The van der Waals surface area contributed by atoms with E-state index in [1.165, 1.54) is 18.2 Å². The Hall–Kier alpha value is -1.49. The van der Waals surface area contributed by atoms with E-state index < -0.39 is 11.6 Å². The van der Waals surface area contributed by atoms with Crippen molar-refractivity contribution in [3.05, 3.63) is 35.4 Å². The van der Waals surface area contributed by atoms with E-state index in [0.717, 1.165) is 25.7 Å². The van der Waals surface area contributed by atoms with Crippen molar-refractivity contribution in [1.29, 1.82) is 0 Å². The van der Waals surface area contributed by atoms with E-state index in [1.54, 1.807) is 7.11 Å². The molecule has 0 aliphatic heterocycles. The molecule has 0 unspecified atom stereocenters. The zero-order chi connectivity index (χ0) is 17.3. The van der Waals surface area contributed by atoms with Crippen molar-refractivity contribution >= 4 is 5.91 Å². The average Bonchev–Trinajstić information content (AvgIpc) is 3.35. The second-order valence-electron chi connectivity index (χ2n) is 7.37. The summed E-state index contributed by atoms with van der Waals surface area (Å²) in [5, 5.41) is 2.95. The van der Waals surface area contributed by atoms with E-state index in [2.05, 4.69) is 12.2 Å². The Balaban J connectivity index is 1.57. The minimum Gasteiger partial charge on any atom is -0.376 e. The monoisotopic (exact) mass is 337 g/mol. The Morgan fingerprint density at radius 2 is 1.92 bits per heavy atom. The molecule has 2 saturated carbocycles. The van der Waals surface area contributed by atoms with Crippen LogP contribution in [0, 0.1) is 23.5 Å². The third kappa shape index (κ3) is 3.46. The van der Waals surface area contributed by atoms with Crippen LogP contribution in [0.15, 0.2) is 18.2 Å². The topological polar surface area (TPSA) is 38.3 Å². The summed E-state index contributed by atoms with van der Waals surface area (Å²) in [5.41, 5.74) is -0.249. The molecule has 0 spiro atoms. The highest BCUT2D eigenvalue weighted by atomic mass is 19.1. The van der Waals surface area contributed by atoms with Gasteiger partial charge in [0.05, 0.1) is 5.60 Å². The van der Waals surface area contributed by atoms with Crippen molar-refractivity contribution in [1.82, 2.24) is 5.32 Å². The summed E-state index contributed by atoms with van der Waals surface area (Å²) in [7, 11) is 1.69. The first-order valence-corrected chi connectivity index (χ1v) is 8.72. The number of hydrogen-bond acceptors (Lipinski definition) is 2. The molecule has 2 aliphatic rings. The molecule has 2 fully saturated rings. The second-order valence-corrected chi connectivity index (χ2v) is 7.37. The van der Waals surface area contributed by atoms with Gasteiger partial charge in [0.15, 0.2) is 0 Å². The molecule has 1 amide bonds. The van der Waals surface area contributed by atoms with Gasteiger partial charge < -0.3 is 10.1 Å². The lowest BCUT2D eigenvalue weighted by Crippen LogP contribution is -2.47. The number of amides is 1. The summed E-state index contributed by atoms with van der Waals surface area (Å²) in [6.07, 6.45) is 4.55. The fourth-order valence-corrected chi connectivity index (χ4v) is 3.79. The standard InChI is InChI=1S/C19H25F2NO2/c1-12-6-8-19(24-2,9-7-12)11-22-18(23)14-10-13(14)17-15(20)4-3-5-16(17)21/h3-5,12-14H,6-11H2,1-2H3,(H,22,23)/t12?,13-,14-,19?/m1/s1. The molecular weight excluding hydrogens is 312 g/mol. The predicted octanol–water partition coefficient (Wildman–Crippen LogP) is 3.78. The van der Waals surface area contributed by atoms with E-state index in [0.29, 0.717) is 18.9 Å². The summed E-state index contributed by atoms with van der Waals surface area (Å²) in [5.74, 6) is -1.25. The molecule has 0 saturated heterocycles. The van der Waals surface area contributed by atoms with Crippen molar-refractivity contribution in [2.45, 2.75) is 50.5 Å². The summed E-state index contributed by atoms with van der Waals surface area (Å²) in [4.78, 5) is 12.4. The van der Waals surface area contributed by atoms with E-state index in [1.807, 2.05) is 0 Å². The van der Waals surface area contributed by atoms with Crippen molar-refractivity contribution in [3.63, 3.8) is 0 Å². The molecule has 5 heteroatoms. The van der Waals surface area contributed by atoms with Gasteiger partial charge in [0, 0.05) is 31.1 Å². The van der Waals surface area contributed by atoms with Crippen molar-refractivity contribution in [3.8, 4) is 0 Å².